The Morgan fingerprint density at radius 2 is 0.793 bits per heavy atom. The molecular formula is C117H141Cl5F4N16O3. The highest BCUT2D eigenvalue weighted by molar-refractivity contribution is 6.33. The predicted octanol–water partition coefficient (Wildman–Crippen LogP) is 26.6. The van der Waals surface area contributed by atoms with Gasteiger partial charge in [0.1, 0.15) is 46.5 Å². The van der Waals surface area contributed by atoms with E-state index < -0.39 is 0 Å². The zero-order valence-electron chi connectivity index (χ0n) is 85.8. The van der Waals surface area contributed by atoms with Gasteiger partial charge >= 0.3 is 0 Å². The Balaban J connectivity index is 0.000000774. The molecular weight excluding hydrogens is 1930 g/mol. The molecule has 0 unspecified atom stereocenters. The van der Waals surface area contributed by atoms with Crippen molar-refractivity contribution in [1.82, 2.24) is 19.9 Å². The van der Waals surface area contributed by atoms with Crippen LogP contribution in [0.4, 0.5) is 40.7 Å². The molecule has 770 valence electrons. The van der Waals surface area contributed by atoms with E-state index in [1.807, 2.05) is 271 Å². The Kier molecular flexibility index (Phi) is 66.0. The summed E-state index contributed by atoms with van der Waals surface area (Å²) in [6.45, 7) is 33.9. The summed E-state index contributed by atoms with van der Waals surface area (Å²) >= 11 is 28.1. The van der Waals surface area contributed by atoms with Gasteiger partial charge in [0.05, 0.1) is 27.9 Å². The highest BCUT2D eigenvalue weighted by atomic mass is 35.5. The van der Waals surface area contributed by atoms with Crippen LogP contribution in [-0.2, 0) is 39.3 Å². The fourth-order valence-corrected chi connectivity index (χ4v) is 12.2. The number of rotatable bonds is 9. The highest BCUT2D eigenvalue weighted by Gasteiger charge is 2.06. The van der Waals surface area contributed by atoms with Crippen molar-refractivity contribution >= 4 is 93.0 Å². The van der Waals surface area contributed by atoms with Gasteiger partial charge in [-0.1, -0.05) is 244 Å². The van der Waals surface area contributed by atoms with Gasteiger partial charge in [-0.05, 0) is 340 Å². The third kappa shape index (κ3) is 59.1. The molecule has 0 aliphatic heterocycles. The van der Waals surface area contributed by atoms with E-state index in [1.165, 1.54) is 75.3 Å². The molecule has 4 heterocycles. The largest absolute Gasteiger partial charge is 0.497 e. The molecule has 16 aromatic rings. The summed E-state index contributed by atoms with van der Waals surface area (Å²) in [7, 11) is 1.67. The minimum Gasteiger partial charge on any atom is -0.497 e. The van der Waals surface area contributed by atoms with Gasteiger partial charge in [0.25, 0.3) is 0 Å². The molecule has 16 rings (SSSR count). The Labute approximate surface area is 880 Å². The van der Waals surface area contributed by atoms with Crippen LogP contribution in [-0.4, -0.2) is 38.9 Å². The van der Waals surface area contributed by atoms with E-state index >= 15 is 0 Å². The fourth-order valence-electron chi connectivity index (χ4n) is 11.5. The van der Waals surface area contributed by atoms with Crippen molar-refractivity contribution in [2.24, 2.45) is 45.9 Å². The van der Waals surface area contributed by atoms with Gasteiger partial charge in [-0.25, -0.2) is 32.5 Å². The van der Waals surface area contributed by atoms with E-state index in [9.17, 15) is 27.2 Å². The van der Waals surface area contributed by atoms with Gasteiger partial charge < -0.3 is 73.5 Å². The Morgan fingerprint density at radius 1 is 0.317 bits per heavy atom. The molecule has 0 spiro atoms. The number of carbonyl (C=O) groups excluding carboxylic acids is 2. The number of benzene rings is 12. The predicted molar refractivity (Wildman–Crippen MR) is 604 cm³/mol. The molecule has 28 heteroatoms. The molecule has 4 aromatic heterocycles. The third-order valence-electron chi connectivity index (χ3n) is 19.9. The number of hydrogen-bond acceptors (Lipinski definition) is 17. The van der Waals surface area contributed by atoms with Crippen molar-refractivity contribution in [2.45, 2.75) is 150 Å². The normalized spacial score (nSPS) is 9.49. The Morgan fingerprint density at radius 3 is 1.19 bits per heavy atom. The van der Waals surface area contributed by atoms with Gasteiger partial charge in [-0.15, -0.1) is 0 Å². The highest BCUT2D eigenvalue weighted by Crippen LogP contribution is 2.21. The number of nitrogens with two attached hydrogens (primary N) is 12. The van der Waals surface area contributed by atoms with E-state index in [0.29, 0.717) is 93.2 Å². The second-order valence-corrected chi connectivity index (χ2v) is 34.4. The maximum Gasteiger partial charge on any atom is 0.248 e. The second-order valence-electron chi connectivity index (χ2n) is 32.3. The molecule has 2 amide bonds. The number of ether oxygens (including phenoxy) is 1. The van der Waals surface area contributed by atoms with Crippen LogP contribution in [0.3, 0.4) is 0 Å². The number of carbonyl (C=O) groups is 2. The SMILES string of the molecule is COc1ccc(C)cc1.Cc1c(F)cccc1CN.Cc1cc(F)ccc1CN.Cc1ccc(Cl)c(N)c1.Cc1ccc(Cl)c(N)n1.Cc1ccc(Cl)cc1.Cc1ccc(Cl)cn1.Cc1ccc(F)cc1CN.Cc1cccc(C(N)=O)c1.Cc1cccc(CN)c1.Cc1cccc(Cl)c1.Cc1cccc(F)c1CN.Cc1cccc(N)n1.Cc1ccccc1C(N)=O.Cc1ccccc1CN.Cc1ccnc(N)c1. The van der Waals surface area contributed by atoms with Gasteiger partial charge in [0.2, 0.25) is 11.8 Å². The molecule has 0 bridgehead atoms. The van der Waals surface area contributed by atoms with E-state index in [1.54, 1.807) is 93.2 Å². The molecule has 145 heavy (non-hydrogen) atoms. The number of nitrogens with zero attached hydrogens (tertiary/aromatic N) is 4. The lowest BCUT2D eigenvalue weighted by Gasteiger charge is -2.01. The zero-order valence-corrected chi connectivity index (χ0v) is 89.5. The van der Waals surface area contributed by atoms with Gasteiger partial charge in [-0.2, -0.15) is 0 Å². The summed E-state index contributed by atoms with van der Waals surface area (Å²) in [6.07, 6.45) is 3.33. The first-order valence-corrected chi connectivity index (χ1v) is 47.5. The van der Waals surface area contributed by atoms with Gasteiger partial charge in [-0.3, -0.25) is 14.6 Å². The number of anilines is 4. The minimum atomic E-state index is -0.372. The molecule has 0 atom stereocenters. The average molecular weight is 2070 g/mol. The van der Waals surface area contributed by atoms with Crippen molar-refractivity contribution in [2.75, 3.05) is 30.0 Å². The Hall–Kier alpha value is -13.9. The maximum atomic E-state index is 12.8. The number of primary amides is 2. The van der Waals surface area contributed by atoms with Crippen LogP contribution in [0.15, 0.2) is 328 Å². The second kappa shape index (κ2) is 74.1. The lowest BCUT2D eigenvalue weighted by molar-refractivity contribution is 0.0991. The van der Waals surface area contributed by atoms with Crippen LogP contribution in [0.5, 0.6) is 5.75 Å². The number of nitrogen functional groups attached to an aromatic ring is 4. The summed E-state index contributed by atoms with van der Waals surface area (Å²) in [5.74, 6) is 0.959. The first kappa shape index (κ1) is 129. The average Bonchev–Trinajstić information content (AvgIpc) is 0.864. The first-order chi connectivity index (χ1) is 68.7. The summed E-state index contributed by atoms with van der Waals surface area (Å²) < 4.78 is 55.4. The monoisotopic (exact) mass is 2070 g/mol. The van der Waals surface area contributed by atoms with Gasteiger partial charge in [0, 0.05) is 95.5 Å². The van der Waals surface area contributed by atoms with Crippen molar-refractivity contribution in [3.05, 3.63) is 510 Å². The summed E-state index contributed by atoms with van der Waals surface area (Å²) in [5.41, 5.74) is 88.5. The lowest BCUT2D eigenvalue weighted by Crippen LogP contribution is -2.12. The number of pyridine rings is 4. The summed E-state index contributed by atoms with van der Waals surface area (Å²) in [6, 6.07) is 95.6. The smallest absolute Gasteiger partial charge is 0.248 e. The fraction of sp³-hybridized carbons (Fsp3) is 0.197. The third-order valence-corrected chi connectivity index (χ3v) is 21.2. The van der Waals surface area contributed by atoms with Crippen LogP contribution in [0.25, 0.3) is 0 Å². The number of halogens is 9. The van der Waals surface area contributed by atoms with Crippen LogP contribution >= 0.6 is 58.0 Å². The molecule has 24 N–H and O–H groups in total. The van der Waals surface area contributed by atoms with Crippen molar-refractivity contribution in [3.63, 3.8) is 0 Å². The topological polar surface area (TPSA) is 407 Å². The molecule has 0 aliphatic rings. The number of amides is 2. The minimum absolute atomic E-state index is 0.178. The van der Waals surface area contributed by atoms with E-state index in [0.717, 1.165) is 88.5 Å². The summed E-state index contributed by atoms with van der Waals surface area (Å²) in [4.78, 5) is 36.9. The number of hydrogen-bond donors (Lipinski definition) is 12. The molecule has 0 fully saturated rings. The first-order valence-electron chi connectivity index (χ1n) is 45.6. The number of methoxy groups -OCH3 is 1. The van der Waals surface area contributed by atoms with Crippen LogP contribution in [0, 0.1) is 134 Å². The molecule has 0 saturated carbocycles. The molecule has 0 aliphatic carbocycles. The lowest BCUT2D eigenvalue weighted by atomic mass is 10.1. The quantitative estimate of drug-likeness (QED) is 0.0472. The summed E-state index contributed by atoms with van der Waals surface area (Å²) in [5, 5.41) is 3.44. The molecule has 0 saturated heterocycles. The van der Waals surface area contributed by atoms with Crippen molar-refractivity contribution in [3.8, 4) is 5.75 Å². The van der Waals surface area contributed by atoms with Crippen LogP contribution in [0.1, 0.15) is 144 Å². The maximum absolute atomic E-state index is 12.8. The van der Waals surface area contributed by atoms with E-state index in [-0.39, 0.29) is 41.6 Å². The number of aryl methyl sites for hydroxylation is 15. The Bertz CT molecular complexity index is 6120. The van der Waals surface area contributed by atoms with Crippen LogP contribution < -0.4 is 73.5 Å². The molecule has 0 radical (unpaired) electrons. The van der Waals surface area contributed by atoms with Crippen LogP contribution in [0.2, 0.25) is 25.1 Å². The van der Waals surface area contributed by atoms with Crippen molar-refractivity contribution in [1.29, 1.82) is 0 Å². The molecule has 12 aromatic carbocycles. The van der Waals surface area contributed by atoms with E-state index in [2.05, 4.69) is 65.0 Å². The van der Waals surface area contributed by atoms with Crippen molar-refractivity contribution < 1.29 is 31.9 Å². The standard InChI is InChI=1S/4C8H10FN.2C8H9NO.2C8H11N.C8H10O.C7H8ClN.2C7H7Cl.C6H7ClN2.C6H6ClN.2C6H8N2/c1-6-4-8(9)3-2-7(6)5-10;1-6-2-3-8(9)4-7(6)5-10;1-6-7(5-10)3-2-4-8(6)9;1-6-3-2-4-8(9)7(6)5-10;1-6-3-2-4-7(5-6)8(9)10;1-6-4-2-3-5-7(6)8(9)10;1-7-3-2-4-8(5-7)6-9;1-7-4-2-3-5-8(7)6-9;1-7-3-5-8(9-2)6-4-7;1-5-2-3-6(8)7(9)4-5;1-6-2-4-7(8)5-3-6;1-6-3-2-4-7(8)5-6;1-4-2-3-5(7)6(8)9-4;1-5-2-3-6(7)4-8-5;1-5-2-3-8-6(7)4-5;1-5-3-2-4-6(7)8-5/h4*2-4H,5,10H2,1H3;2*2-5H,1H3,(H2,9,10);2*2-5H,6,9H2,1H3;3-6H,1-2H3;2-4H,9H2,1H3;2*2-5H,1H3;2-3H,1H3,(H2,8,9);2-4H,1H3;2*2-4H,1H3,(H2,7,8). The van der Waals surface area contributed by atoms with E-state index in [4.69, 9.17) is 132 Å². The van der Waals surface area contributed by atoms with Gasteiger partial charge in [0.15, 0.2) is 0 Å². The zero-order chi connectivity index (χ0) is 109. The number of aromatic nitrogens is 4. The molecule has 19 nitrogen and oxygen atoms in total.